The van der Waals surface area contributed by atoms with Crippen LogP contribution in [0.25, 0.3) is 11.1 Å². The molecule has 0 unspecified atom stereocenters. The lowest BCUT2D eigenvalue weighted by atomic mass is 9.92. The summed E-state index contributed by atoms with van der Waals surface area (Å²) in [4.78, 5) is 30.2. The fourth-order valence-corrected chi connectivity index (χ4v) is 3.79. The highest BCUT2D eigenvalue weighted by atomic mass is 79.9. The number of pyridine rings is 1. The number of methoxy groups -OCH3 is 1. The molecule has 0 N–H and O–H groups in total. The molecule has 1 aromatic carbocycles. The highest BCUT2D eigenvalue weighted by molar-refractivity contribution is 9.10. The standard InChI is InChI=1S/C23H28BrNO6/c1-8-29-22(26)18-13(5)25-14(6)19(23(27)30-9-2)20(18)15-10-16(24)21(31-12(3)4)17(11-15)28-7/h10-12H,8-9H2,1-7H3. The van der Waals surface area contributed by atoms with Gasteiger partial charge in [0.25, 0.3) is 0 Å². The zero-order chi connectivity index (χ0) is 23.3. The molecular weight excluding hydrogens is 466 g/mol. The van der Waals surface area contributed by atoms with E-state index >= 15 is 0 Å². The van der Waals surface area contributed by atoms with Crippen LogP contribution in [0.4, 0.5) is 0 Å². The van der Waals surface area contributed by atoms with Crippen molar-refractivity contribution in [3.05, 3.63) is 39.1 Å². The molecule has 2 aromatic rings. The van der Waals surface area contributed by atoms with E-state index in [0.717, 1.165) is 0 Å². The number of benzene rings is 1. The number of nitrogens with zero attached hydrogens (tertiary/aromatic N) is 1. The zero-order valence-corrected chi connectivity index (χ0v) is 20.5. The van der Waals surface area contributed by atoms with Gasteiger partial charge in [0.15, 0.2) is 11.5 Å². The molecule has 7 nitrogen and oxygen atoms in total. The lowest BCUT2D eigenvalue weighted by Gasteiger charge is -2.20. The molecule has 0 saturated carbocycles. The molecule has 31 heavy (non-hydrogen) atoms. The van der Waals surface area contributed by atoms with Crippen molar-refractivity contribution in [2.24, 2.45) is 0 Å². The van der Waals surface area contributed by atoms with Crippen molar-refractivity contribution in [3.8, 4) is 22.6 Å². The molecule has 0 atom stereocenters. The van der Waals surface area contributed by atoms with Crippen molar-refractivity contribution in [2.45, 2.75) is 47.6 Å². The molecule has 0 fully saturated rings. The second kappa shape index (κ2) is 10.6. The smallest absolute Gasteiger partial charge is 0.340 e. The van der Waals surface area contributed by atoms with Gasteiger partial charge < -0.3 is 18.9 Å². The summed E-state index contributed by atoms with van der Waals surface area (Å²) in [5.74, 6) is -0.148. The average molecular weight is 494 g/mol. The van der Waals surface area contributed by atoms with E-state index in [4.69, 9.17) is 18.9 Å². The summed E-state index contributed by atoms with van der Waals surface area (Å²) < 4.78 is 22.6. The minimum Gasteiger partial charge on any atom is -0.493 e. The summed E-state index contributed by atoms with van der Waals surface area (Å²) in [6.45, 7) is 11.1. The molecule has 1 aromatic heterocycles. The van der Waals surface area contributed by atoms with Gasteiger partial charge >= 0.3 is 11.9 Å². The Kier molecular flexibility index (Phi) is 8.44. The van der Waals surface area contributed by atoms with Crippen molar-refractivity contribution in [1.29, 1.82) is 0 Å². The minimum absolute atomic E-state index is 0.0772. The van der Waals surface area contributed by atoms with Crippen LogP contribution in [0, 0.1) is 13.8 Å². The Morgan fingerprint density at radius 3 is 1.94 bits per heavy atom. The number of rotatable bonds is 8. The van der Waals surface area contributed by atoms with Crippen LogP contribution in [0.5, 0.6) is 11.5 Å². The third kappa shape index (κ3) is 5.36. The first-order valence-corrected chi connectivity index (χ1v) is 10.8. The normalized spacial score (nSPS) is 10.7. The average Bonchev–Trinajstić information content (AvgIpc) is 2.68. The molecule has 8 heteroatoms. The molecule has 0 saturated heterocycles. The summed E-state index contributed by atoms with van der Waals surface area (Å²) in [7, 11) is 1.53. The molecule has 168 valence electrons. The maximum absolute atomic E-state index is 12.9. The maximum atomic E-state index is 12.9. The van der Waals surface area contributed by atoms with Gasteiger partial charge in [0.2, 0.25) is 0 Å². The second-order valence-electron chi connectivity index (χ2n) is 7.00. The Morgan fingerprint density at radius 2 is 1.52 bits per heavy atom. The monoisotopic (exact) mass is 493 g/mol. The summed E-state index contributed by atoms with van der Waals surface area (Å²) in [5.41, 5.74) is 2.29. The molecule has 0 bridgehead atoms. The summed E-state index contributed by atoms with van der Waals surface area (Å²) >= 11 is 3.53. The number of hydrogen-bond donors (Lipinski definition) is 0. The predicted octanol–water partition coefficient (Wildman–Crippen LogP) is 5.28. The second-order valence-corrected chi connectivity index (χ2v) is 7.86. The first-order chi connectivity index (χ1) is 14.7. The van der Waals surface area contributed by atoms with E-state index in [1.54, 1.807) is 39.8 Å². The molecule has 1 heterocycles. The van der Waals surface area contributed by atoms with Gasteiger partial charge in [-0.25, -0.2) is 9.59 Å². The molecule has 0 aliphatic carbocycles. The number of aromatic nitrogens is 1. The third-order valence-corrected chi connectivity index (χ3v) is 4.98. The van der Waals surface area contributed by atoms with Crippen LogP contribution in [-0.2, 0) is 9.47 Å². The SMILES string of the molecule is CCOC(=O)c1c(C)nc(C)c(C(=O)OCC)c1-c1cc(Br)c(OC(C)C)c(OC)c1. The Balaban J connectivity index is 2.91. The molecule has 2 rings (SSSR count). The lowest BCUT2D eigenvalue weighted by Crippen LogP contribution is -2.17. The van der Waals surface area contributed by atoms with E-state index in [1.807, 2.05) is 13.8 Å². The lowest BCUT2D eigenvalue weighted by molar-refractivity contribution is 0.0525. The predicted molar refractivity (Wildman–Crippen MR) is 121 cm³/mol. The summed E-state index contributed by atoms with van der Waals surface area (Å²) in [5, 5.41) is 0. The number of halogens is 1. The number of ether oxygens (including phenoxy) is 4. The zero-order valence-electron chi connectivity index (χ0n) is 18.9. The Labute approximate surface area is 191 Å². The van der Waals surface area contributed by atoms with Gasteiger partial charge in [0.05, 0.1) is 53.4 Å². The van der Waals surface area contributed by atoms with E-state index in [0.29, 0.717) is 38.5 Å². The highest BCUT2D eigenvalue weighted by Crippen LogP contribution is 2.42. The van der Waals surface area contributed by atoms with Crippen LogP contribution >= 0.6 is 15.9 Å². The number of carbonyl (C=O) groups is 2. The van der Waals surface area contributed by atoms with Crippen molar-refractivity contribution < 1.29 is 28.5 Å². The molecule has 0 amide bonds. The largest absolute Gasteiger partial charge is 0.493 e. The number of hydrogen-bond acceptors (Lipinski definition) is 7. The summed E-state index contributed by atoms with van der Waals surface area (Å²) in [6.07, 6.45) is -0.0772. The van der Waals surface area contributed by atoms with Gasteiger partial charge in [0, 0.05) is 5.56 Å². The van der Waals surface area contributed by atoms with Crippen molar-refractivity contribution in [2.75, 3.05) is 20.3 Å². The van der Waals surface area contributed by atoms with Crippen LogP contribution in [0.2, 0.25) is 0 Å². The third-order valence-electron chi connectivity index (χ3n) is 4.39. The number of esters is 2. The van der Waals surface area contributed by atoms with Gasteiger partial charge in [-0.15, -0.1) is 0 Å². The summed E-state index contributed by atoms with van der Waals surface area (Å²) in [6, 6.07) is 3.50. The van der Waals surface area contributed by atoms with Crippen LogP contribution in [-0.4, -0.2) is 43.4 Å². The molecule has 0 aliphatic heterocycles. The van der Waals surface area contributed by atoms with Crippen molar-refractivity contribution in [1.82, 2.24) is 4.98 Å². The fraction of sp³-hybridized carbons (Fsp3) is 0.435. The Morgan fingerprint density at radius 1 is 1.00 bits per heavy atom. The maximum Gasteiger partial charge on any atom is 0.340 e. The number of aryl methyl sites for hydroxylation is 2. The van der Waals surface area contributed by atoms with Crippen LogP contribution in [0.15, 0.2) is 16.6 Å². The molecular formula is C23H28BrNO6. The van der Waals surface area contributed by atoms with Crippen molar-refractivity contribution >= 4 is 27.9 Å². The van der Waals surface area contributed by atoms with Gasteiger partial charge in [-0.2, -0.15) is 0 Å². The fourth-order valence-electron chi connectivity index (χ4n) is 3.26. The van der Waals surface area contributed by atoms with Crippen molar-refractivity contribution in [3.63, 3.8) is 0 Å². The molecule has 0 radical (unpaired) electrons. The first-order valence-electron chi connectivity index (χ1n) is 10.1. The topological polar surface area (TPSA) is 84.0 Å². The van der Waals surface area contributed by atoms with Gasteiger partial charge in [-0.3, -0.25) is 4.98 Å². The van der Waals surface area contributed by atoms with E-state index in [-0.39, 0.29) is 30.4 Å². The first kappa shape index (κ1) is 24.7. The number of carbonyl (C=O) groups excluding carboxylic acids is 2. The van der Waals surface area contributed by atoms with Gasteiger partial charge in [0.1, 0.15) is 0 Å². The van der Waals surface area contributed by atoms with E-state index < -0.39 is 11.9 Å². The Bertz CT molecular complexity index is 945. The minimum atomic E-state index is -0.564. The van der Waals surface area contributed by atoms with E-state index in [2.05, 4.69) is 20.9 Å². The van der Waals surface area contributed by atoms with Crippen LogP contribution < -0.4 is 9.47 Å². The van der Waals surface area contributed by atoms with Gasteiger partial charge in [-0.05, 0) is 75.2 Å². The van der Waals surface area contributed by atoms with Crippen LogP contribution in [0.3, 0.4) is 0 Å². The Hall–Kier alpha value is -2.61. The van der Waals surface area contributed by atoms with Gasteiger partial charge in [-0.1, -0.05) is 0 Å². The molecule has 0 aliphatic rings. The van der Waals surface area contributed by atoms with E-state index in [9.17, 15) is 9.59 Å². The highest BCUT2D eigenvalue weighted by Gasteiger charge is 2.29. The van der Waals surface area contributed by atoms with Crippen LogP contribution in [0.1, 0.15) is 59.8 Å². The quantitative estimate of drug-likeness (QED) is 0.462. The molecule has 0 spiro atoms. The van der Waals surface area contributed by atoms with E-state index in [1.165, 1.54) is 7.11 Å².